The monoisotopic (exact) mass is 398 g/mol. The number of pyridine rings is 1. The molecule has 1 aromatic heterocycles. The summed E-state index contributed by atoms with van der Waals surface area (Å²) in [5, 5.41) is 3.38. The third kappa shape index (κ3) is 6.14. The van der Waals surface area contributed by atoms with Crippen LogP contribution in [0.5, 0.6) is 0 Å². The molecular weight excluding hydrogens is 364 g/mol. The van der Waals surface area contributed by atoms with Gasteiger partial charge in [-0.1, -0.05) is 27.7 Å². The van der Waals surface area contributed by atoms with Crippen LogP contribution in [0.3, 0.4) is 0 Å². The lowest BCUT2D eigenvalue weighted by Gasteiger charge is -2.31. The van der Waals surface area contributed by atoms with E-state index in [4.69, 9.17) is 4.74 Å². The first-order valence-corrected chi connectivity index (χ1v) is 11.3. The van der Waals surface area contributed by atoms with Crippen molar-refractivity contribution in [2.45, 2.75) is 45.1 Å². The van der Waals surface area contributed by atoms with Crippen molar-refractivity contribution < 1.29 is 13.2 Å². The summed E-state index contributed by atoms with van der Waals surface area (Å²) < 4.78 is 32.0. The number of sulfonamides is 1. The smallest absolute Gasteiger partial charge is 0.244 e. The molecule has 27 heavy (non-hydrogen) atoms. The highest BCUT2D eigenvalue weighted by atomic mass is 32.2. The molecule has 0 amide bonds. The zero-order valence-electron chi connectivity index (χ0n) is 17.0. The van der Waals surface area contributed by atoms with E-state index in [0.717, 1.165) is 26.1 Å². The quantitative estimate of drug-likeness (QED) is 0.652. The molecule has 1 fully saturated rings. The van der Waals surface area contributed by atoms with Crippen LogP contribution in [0.4, 0.5) is 5.82 Å². The van der Waals surface area contributed by atoms with E-state index in [1.54, 1.807) is 12.1 Å². The average molecular weight is 399 g/mol. The summed E-state index contributed by atoms with van der Waals surface area (Å²) in [6.07, 6.45) is 2.56. The summed E-state index contributed by atoms with van der Waals surface area (Å²) in [7, 11) is -3.49. The molecule has 0 bridgehead atoms. The van der Waals surface area contributed by atoms with Gasteiger partial charge >= 0.3 is 0 Å². The van der Waals surface area contributed by atoms with Gasteiger partial charge < -0.3 is 10.1 Å². The normalized spacial score (nSPS) is 17.4. The lowest BCUT2D eigenvalue weighted by atomic mass is 10.0. The van der Waals surface area contributed by atoms with Crippen LogP contribution in [0.2, 0.25) is 0 Å². The van der Waals surface area contributed by atoms with Gasteiger partial charge in [-0.15, -0.1) is 0 Å². The number of morpholine rings is 1. The molecule has 1 aliphatic heterocycles. The van der Waals surface area contributed by atoms with Crippen molar-refractivity contribution in [3.63, 3.8) is 0 Å². The van der Waals surface area contributed by atoms with Crippen molar-refractivity contribution in [2.75, 3.05) is 51.3 Å². The SMILES string of the molecule is CCN(CC)C(CNc1ccc(S(=O)(=O)N2CCOCC2)cn1)CC(C)C. The number of ether oxygens (including phenoxy) is 1. The lowest BCUT2D eigenvalue weighted by molar-refractivity contribution is 0.0730. The number of nitrogens with one attached hydrogen (secondary N) is 1. The minimum Gasteiger partial charge on any atom is -0.379 e. The maximum atomic E-state index is 12.7. The molecule has 8 heteroatoms. The van der Waals surface area contributed by atoms with Crippen molar-refractivity contribution in [1.29, 1.82) is 0 Å². The molecule has 1 N–H and O–H groups in total. The average Bonchev–Trinajstić information content (AvgIpc) is 2.67. The maximum Gasteiger partial charge on any atom is 0.244 e. The summed E-state index contributed by atoms with van der Waals surface area (Å²) in [4.78, 5) is 7.02. The second kappa shape index (κ2) is 10.4. The van der Waals surface area contributed by atoms with Gasteiger partial charge in [-0.3, -0.25) is 4.90 Å². The Kier molecular flexibility index (Phi) is 8.47. The minimum absolute atomic E-state index is 0.234. The molecule has 0 aromatic carbocycles. The molecule has 1 unspecified atom stereocenters. The Hall–Kier alpha value is -1.22. The van der Waals surface area contributed by atoms with E-state index in [0.29, 0.717) is 44.1 Å². The predicted octanol–water partition coefficient (Wildman–Crippen LogP) is 2.27. The lowest BCUT2D eigenvalue weighted by Crippen LogP contribution is -2.41. The van der Waals surface area contributed by atoms with E-state index in [1.807, 2.05) is 0 Å². The van der Waals surface area contributed by atoms with Crippen LogP contribution < -0.4 is 5.32 Å². The Bertz CT molecular complexity index is 654. The molecule has 7 nitrogen and oxygen atoms in total. The fourth-order valence-corrected chi connectivity index (χ4v) is 4.80. The van der Waals surface area contributed by atoms with Gasteiger partial charge in [-0.05, 0) is 37.6 Å². The maximum absolute atomic E-state index is 12.7. The molecule has 1 saturated heterocycles. The molecule has 2 rings (SSSR count). The van der Waals surface area contributed by atoms with Gasteiger partial charge in [-0.25, -0.2) is 13.4 Å². The van der Waals surface area contributed by atoms with Crippen molar-refractivity contribution in [2.24, 2.45) is 5.92 Å². The van der Waals surface area contributed by atoms with Gasteiger partial charge in [0.25, 0.3) is 0 Å². The van der Waals surface area contributed by atoms with Crippen molar-refractivity contribution in [3.05, 3.63) is 18.3 Å². The fraction of sp³-hybridized carbons (Fsp3) is 0.737. The van der Waals surface area contributed by atoms with E-state index in [1.165, 1.54) is 10.5 Å². The Balaban J connectivity index is 2.01. The van der Waals surface area contributed by atoms with E-state index in [-0.39, 0.29) is 4.90 Å². The van der Waals surface area contributed by atoms with E-state index in [2.05, 4.69) is 42.9 Å². The van der Waals surface area contributed by atoms with Gasteiger partial charge in [-0.2, -0.15) is 4.31 Å². The van der Waals surface area contributed by atoms with Crippen molar-refractivity contribution in [3.8, 4) is 0 Å². The van der Waals surface area contributed by atoms with Gasteiger partial charge in [0.05, 0.1) is 13.2 Å². The minimum atomic E-state index is -3.49. The molecule has 154 valence electrons. The summed E-state index contributed by atoms with van der Waals surface area (Å²) in [5.41, 5.74) is 0. The topological polar surface area (TPSA) is 74.8 Å². The van der Waals surface area contributed by atoms with Crippen LogP contribution in [0.25, 0.3) is 0 Å². The third-order valence-electron chi connectivity index (χ3n) is 4.94. The highest BCUT2D eigenvalue weighted by molar-refractivity contribution is 7.89. The molecule has 0 spiro atoms. The van der Waals surface area contributed by atoms with Crippen LogP contribution in [0.1, 0.15) is 34.1 Å². The molecular formula is C19H34N4O3S. The second-order valence-electron chi connectivity index (χ2n) is 7.28. The molecule has 1 aliphatic rings. The molecule has 2 heterocycles. The number of nitrogens with zero attached hydrogens (tertiary/aromatic N) is 3. The van der Waals surface area contributed by atoms with Gasteiger partial charge in [0.2, 0.25) is 10.0 Å². The van der Waals surface area contributed by atoms with Crippen molar-refractivity contribution in [1.82, 2.24) is 14.2 Å². The summed E-state index contributed by atoms with van der Waals surface area (Å²) in [5.74, 6) is 1.32. The van der Waals surface area contributed by atoms with Crippen LogP contribution >= 0.6 is 0 Å². The number of anilines is 1. The number of hydrogen-bond donors (Lipinski definition) is 1. The number of likely N-dealkylation sites (N-methyl/N-ethyl adjacent to an activating group) is 1. The molecule has 1 atom stereocenters. The Morgan fingerprint density at radius 2 is 1.89 bits per heavy atom. The molecule has 0 radical (unpaired) electrons. The highest BCUT2D eigenvalue weighted by Crippen LogP contribution is 2.18. The standard InChI is InChI=1S/C19H34N4O3S/c1-5-22(6-2)17(13-16(3)4)14-20-19-8-7-18(15-21-19)27(24,25)23-9-11-26-12-10-23/h7-8,15-17H,5-6,9-14H2,1-4H3,(H,20,21). The summed E-state index contributed by atoms with van der Waals surface area (Å²) in [6.45, 7) is 13.3. The van der Waals surface area contributed by atoms with Gasteiger partial charge in [0.1, 0.15) is 10.7 Å². The first kappa shape index (κ1) is 22.1. The Morgan fingerprint density at radius 3 is 2.41 bits per heavy atom. The van der Waals surface area contributed by atoms with E-state index >= 15 is 0 Å². The molecule has 0 saturated carbocycles. The molecule has 1 aromatic rings. The van der Waals surface area contributed by atoms with Gasteiger partial charge in [0.15, 0.2) is 0 Å². The third-order valence-corrected chi connectivity index (χ3v) is 6.82. The largest absolute Gasteiger partial charge is 0.379 e. The second-order valence-corrected chi connectivity index (χ2v) is 9.22. The van der Waals surface area contributed by atoms with E-state index in [9.17, 15) is 8.42 Å². The zero-order chi connectivity index (χ0) is 19.9. The van der Waals surface area contributed by atoms with Crippen LogP contribution in [0, 0.1) is 5.92 Å². The number of hydrogen-bond acceptors (Lipinski definition) is 6. The number of rotatable bonds is 10. The van der Waals surface area contributed by atoms with E-state index < -0.39 is 10.0 Å². The number of aromatic nitrogens is 1. The van der Waals surface area contributed by atoms with Crippen LogP contribution in [-0.4, -0.2) is 74.6 Å². The Morgan fingerprint density at radius 1 is 1.22 bits per heavy atom. The summed E-state index contributed by atoms with van der Waals surface area (Å²) >= 11 is 0. The molecule has 0 aliphatic carbocycles. The van der Waals surface area contributed by atoms with Crippen LogP contribution in [0.15, 0.2) is 23.2 Å². The first-order valence-electron chi connectivity index (χ1n) is 9.90. The summed E-state index contributed by atoms with van der Waals surface area (Å²) in [6, 6.07) is 3.82. The van der Waals surface area contributed by atoms with Crippen molar-refractivity contribution >= 4 is 15.8 Å². The predicted molar refractivity (Wildman–Crippen MR) is 108 cm³/mol. The first-order chi connectivity index (χ1) is 12.9. The fourth-order valence-electron chi connectivity index (χ4n) is 3.44. The van der Waals surface area contributed by atoms with Crippen LogP contribution in [-0.2, 0) is 14.8 Å². The highest BCUT2D eigenvalue weighted by Gasteiger charge is 2.26. The van der Waals surface area contributed by atoms with Gasteiger partial charge in [0, 0.05) is 31.9 Å². The zero-order valence-corrected chi connectivity index (χ0v) is 17.8. The Labute approximate surface area is 164 Å².